The van der Waals surface area contributed by atoms with E-state index in [1.165, 1.54) is 7.11 Å². The third-order valence-electron chi connectivity index (χ3n) is 1.89. The van der Waals surface area contributed by atoms with Gasteiger partial charge in [-0.3, -0.25) is 0 Å². The molecule has 0 fully saturated rings. The molecule has 90 valence electrons. The SMILES string of the molecule is CCNS(=O)(=O)c1cc(N)c(OC)c(F)c1. The van der Waals surface area contributed by atoms with Crippen molar-refractivity contribution in [2.75, 3.05) is 19.4 Å². The van der Waals surface area contributed by atoms with Gasteiger partial charge in [-0.1, -0.05) is 6.92 Å². The van der Waals surface area contributed by atoms with E-state index in [9.17, 15) is 12.8 Å². The lowest BCUT2D eigenvalue weighted by Crippen LogP contribution is -2.23. The van der Waals surface area contributed by atoms with Gasteiger partial charge in [0.1, 0.15) is 0 Å². The first-order valence-electron chi connectivity index (χ1n) is 4.55. The number of sulfonamides is 1. The van der Waals surface area contributed by atoms with Crippen LogP contribution in [0, 0.1) is 5.82 Å². The van der Waals surface area contributed by atoms with Crippen LogP contribution in [-0.2, 0) is 10.0 Å². The van der Waals surface area contributed by atoms with E-state index in [0.29, 0.717) is 0 Å². The molecule has 0 amide bonds. The molecule has 1 aromatic rings. The molecule has 5 nitrogen and oxygen atoms in total. The Morgan fingerprint density at radius 1 is 1.50 bits per heavy atom. The lowest BCUT2D eigenvalue weighted by Gasteiger charge is -2.09. The minimum absolute atomic E-state index is 0.0565. The standard InChI is InChI=1S/C9H13FN2O3S/c1-3-12-16(13,14)6-4-7(10)9(15-2)8(11)5-6/h4-5,12H,3,11H2,1-2H3. The minimum Gasteiger partial charge on any atom is -0.492 e. The quantitative estimate of drug-likeness (QED) is 0.769. The molecule has 1 rings (SSSR count). The van der Waals surface area contributed by atoms with Gasteiger partial charge >= 0.3 is 0 Å². The van der Waals surface area contributed by atoms with Crippen LogP contribution in [-0.4, -0.2) is 22.1 Å². The van der Waals surface area contributed by atoms with Gasteiger partial charge in [0.05, 0.1) is 17.7 Å². The maximum Gasteiger partial charge on any atom is 0.240 e. The van der Waals surface area contributed by atoms with Crippen molar-refractivity contribution in [1.82, 2.24) is 4.72 Å². The van der Waals surface area contributed by atoms with Gasteiger partial charge in [-0.25, -0.2) is 17.5 Å². The van der Waals surface area contributed by atoms with Crippen LogP contribution in [0.15, 0.2) is 17.0 Å². The third-order valence-corrected chi connectivity index (χ3v) is 3.42. The van der Waals surface area contributed by atoms with Gasteiger partial charge in [0.2, 0.25) is 10.0 Å². The van der Waals surface area contributed by atoms with Gasteiger partial charge in [0.15, 0.2) is 11.6 Å². The number of anilines is 1. The van der Waals surface area contributed by atoms with Crippen molar-refractivity contribution in [3.8, 4) is 5.75 Å². The monoisotopic (exact) mass is 248 g/mol. The summed E-state index contributed by atoms with van der Waals surface area (Å²) in [6, 6.07) is 2.02. The first-order valence-corrected chi connectivity index (χ1v) is 6.03. The Hall–Kier alpha value is -1.34. The van der Waals surface area contributed by atoms with Gasteiger partial charge in [0.25, 0.3) is 0 Å². The maximum atomic E-state index is 13.4. The second kappa shape index (κ2) is 4.67. The zero-order chi connectivity index (χ0) is 12.3. The van der Waals surface area contributed by atoms with Crippen molar-refractivity contribution in [3.63, 3.8) is 0 Å². The Bertz CT molecular complexity index is 465. The summed E-state index contributed by atoms with van der Waals surface area (Å²) in [5.74, 6) is -0.963. The van der Waals surface area contributed by atoms with Crippen LogP contribution in [0.1, 0.15) is 6.92 Å². The van der Waals surface area contributed by atoms with Gasteiger partial charge in [-0.2, -0.15) is 0 Å². The number of hydrogen-bond donors (Lipinski definition) is 2. The summed E-state index contributed by atoms with van der Waals surface area (Å²) in [4.78, 5) is -0.217. The van der Waals surface area contributed by atoms with Crippen molar-refractivity contribution < 1.29 is 17.5 Å². The highest BCUT2D eigenvalue weighted by Crippen LogP contribution is 2.28. The van der Waals surface area contributed by atoms with Crippen molar-refractivity contribution in [2.45, 2.75) is 11.8 Å². The number of hydrogen-bond acceptors (Lipinski definition) is 4. The number of benzene rings is 1. The molecule has 0 atom stereocenters. The number of nitrogens with one attached hydrogen (secondary N) is 1. The molecule has 0 saturated heterocycles. The fourth-order valence-electron chi connectivity index (χ4n) is 1.23. The molecule has 7 heteroatoms. The summed E-state index contributed by atoms with van der Waals surface area (Å²) in [7, 11) is -2.45. The molecule has 3 N–H and O–H groups in total. The number of halogens is 1. The fourth-order valence-corrected chi connectivity index (χ4v) is 2.32. The summed E-state index contributed by atoms with van der Waals surface area (Å²) >= 11 is 0. The molecule has 0 heterocycles. The van der Waals surface area contributed by atoms with E-state index in [0.717, 1.165) is 12.1 Å². The molecule has 0 unspecified atom stereocenters. The summed E-state index contributed by atoms with van der Waals surface area (Å²) in [5, 5.41) is 0. The second-order valence-corrected chi connectivity index (χ2v) is 4.80. The van der Waals surface area contributed by atoms with Gasteiger partial charge < -0.3 is 10.5 Å². The average Bonchev–Trinajstić information content (AvgIpc) is 2.17. The van der Waals surface area contributed by atoms with E-state index >= 15 is 0 Å². The Morgan fingerprint density at radius 2 is 2.12 bits per heavy atom. The van der Waals surface area contributed by atoms with E-state index in [1.54, 1.807) is 6.92 Å². The van der Waals surface area contributed by atoms with E-state index in [4.69, 9.17) is 5.73 Å². The Kier molecular flexibility index (Phi) is 3.71. The lowest BCUT2D eigenvalue weighted by molar-refractivity contribution is 0.388. The van der Waals surface area contributed by atoms with Crippen molar-refractivity contribution in [2.24, 2.45) is 0 Å². The summed E-state index contributed by atoms with van der Waals surface area (Å²) in [6.45, 7) is 1.84. The van der Waals surface area contributed by atoms with E-state index in [2.05, 4.69) is 9.46 Å². The van der Waals surface area contributed by atoms with Crippen LogP contribution < -0.4 is 15.2 Å². The van der Waals surface area contributed by atoms with Crippen molar-refractivity contribution in [3.05, 3.63) is 17.9 Å². The summed E-state index contributed by atoms with van der Waals surface area (Å²) in [6.07, 6.45) is 0. The number of methoxy groups -OCH3 is 1. The molecule has 0 aliphatic carbocycles. The highest BCUT2D eigenvalue weighted by molar-refractivity contribution is 7.89. The molecule has 0 aliphatic rings. The smallest absolute Gasteiger partial charge is 0.240 e. The van der Waals surface area contributed by atoms with E-state index < -0.39 is 15.8 Å². The highest BCUT2D eigenvalue weighted by atomic mass is 32.2. The number of nitrogens with two attached hydrogens (primary N) is 1. The molecular formula is C9H13FN2O3S. The van der Waals surface area contributed by atoms with Crippen LogP contribution in [0.25, 0.3) is 0 Å². The van der Waals surface area contributed by atoms with Crippen LogP contribution in [0.2, 0.25) is 0 Å². The Labute approximate surface area is 93.5 Å². The predicted molar refractivity (Wildman–Crippen MR) is 58.2 cm³/mol. The van der Waals surface area contributed by atoms with Gasteiger partial charge in [0, 0.05) is 6.54 Å². The molecular weight excluding hydrogens is 235 g/mol. The van der Waals surface area contributed by atoms with Crippen LogP contribution in [0.5, 0.6) is 5.75 Å². The third kappa shape index (κ3) is 2.42. The van der Waals surface area contributed by atoms with Gasteiger partial charge in [-0.05, 0) is 12.1 Å². The Balaban J connectivity index is 3.29. The van der Waals surface area contributed by atoms with Crippen LogP contribution in [0.3, 0.4) is 0 Å². The average molecular weight is 248 g/mol. The number of nitrogen functional groups attached to an aromatic ring is 1. The number of ether oxygens (including phenoxy) is 1. The molecule has 16 heavy (non-hydrogen) atoms. The molecule has 1 aromatic carbocycles. The maximum absolute atomic E-state index is 13.4. The van der Waals surface area contributed by atoms with Crippen molar-refractivity contribution in [1.29, 1.82) is 0 Å². The first-order chi connectivity index (χ1) is 7.42. The molecule has 0 radical (unpaired) electrons. The first kappa shape index (κ1) is 12.7. The topological polar surface area (TPSA) is 81.4 Å². The lowest BCUT2D eigenvalue weighted by atomic mass is 10.3. The molecule has 0 spiro atoms. The predicted octanol–water partition coefficient (Wildman–Crippen LogP) is 0.715. The zero-order valence-corrected chi connectivity index (χ0v) is 9.77. The highest BCUT2D eigenvalue weighted by Gasteiger charge is 2.18. The van der Waals surface area contributed by atoms with Crippen molar-refractivity contribution >= 4 is 15.7 Å². The second-order valence-electron chi connectivity index (χ2n) is 3.03. The van der Waals surface area contributed by atoms with E-state index in [1.807, 2.05) is 0 Å². The van der Waals surface area contributed by atoms with Crippen LogP contribution in [0.4, 0.5) is 10.1 Å². The van der Waals surface area contributed by atoms with Gasteiger partial charge in [-0.15, -0.1) is 0 Å². The fraction of sp³-hybridized carbons (Fsp3) is 0.333. The normalized spacial score (nSPS) is 11.4. The molecule has 0 saturated carbocycles. The summed E-state index contributed by atoms with van der Waals surface area (Å²) in [5.41, 5.74) is 5.41. The molecule has 0 aromatic heterocycles. The largest absolute Gasteiger partial charge is 0.492 e. The Morgan fingerprint density at radius 3 is 2.56 bits per heavy atom. The van der Waals surface area contributed by atoms with E-state index in [-0.39, 0.29) is 22.9 Å². The van der Waals surface area contributed by atoms with Crippen LogP contribution >= 0.6 is 0 Å². The molecule has 0 aliphatic heterocycles. The minimum atomic E-state index is -3.71. The summed E-state index contributed by atoms with van der Waals surface area (Å²) < 4.78 is 43.4. The molecule has 0 bridgehead atoms. The number of rotatable bonds is 4. The zero-order valence-electron chi connectivity index (χ0n) is 8.95.